The minimum atomic E-state index is -0.381. The van der Waals surface area contributed by atoms with Gasteiger partial charge in [0.15, 0.2) is 5.78 Å². The first-order chi connectivity index (χ1) is 19.8. The standard InChI is InChI=1S/C32H26ClFN4O3/c1-35-31(40)30-29(19-6-9-21(34)10-7-19)37-28-11-8-20(18-38(28)30)22-15-23(26(41-2)16-24(22)33)25(39)17-32(12-13-32)27-5-3-4-14-36-27/h3-11,14-16,18H,12-13,17H2,1-2H3,(H,35,40). The Balaban J connectivity index is 1.43. The molecule has 1 aliphatic carbocycles. The van der Waals surface area contributed by atoms with Gasteiger partial charge in [-0.3, -0.25) is 19.0 Å². The van der Waals surface area contributed by atoms with E-state index in [-0.39, 0.29) is 22.9 Å². The Bertz CT molecular complexity index is 1800. The van der Waals surface area contributed by atoms with Crippen molar-refractivity contribution in [1.82, 2.24) is 19.7 Å². The normalized spacial score (nSPS) is 13.7. The molecule has 41 heavy (non-hydrogen) atoms. The minimum absolute atomic E-state index is 0.0590. The molecule has 0 saturated heterocycles. The van der Waals surface area contributed by atoms with E-state index in [4.69, 9.17) is 16.3 Å². The fourth-order valence-electron chi connectivity index (χ4n) is 5.26. The van der Waals surface area contributed by atoms with Crippen LogP contribution in [0.5, 0.6) is 5.75 Å². The Morgan fingerprint density at radius 2 is 1.83 bits per heavy atom. The van der Waals surface area contributed by atoms with E-state index in [9.17, 15) is 14.0 Å². The summed E-state index contributed by atoms with van der Waals surface area (Å²) in [5.74, 6) is -0.395. The number of amides is 1. The van der Waals surface area contributed by atoms with E-state index in [1.54, 1.807) is 47.1 Å². The largest absolute Gasteiger partial charge is 0.496 e. The molecule has 0 unspecified atom stereocenters. The molecule has 9 heteroatoms. The molecule has 7 nitrogen and oxygen atoms in total. The molecule has 5 aromatic rings. The second-order valence-electron chi connectivity index (χ2n) is 10.2. The third kappa shape index (κ3) is 4.85. The highest BCUT2D eigenvalue weighted by molar-refractivity contribution is 6.33. The van der Waals surface area contributed by atoms with Crippen LogP contribution >= 0.6 is 11.6 Å². The van der Waals surface area contributed by atoms with Gasteiger partial charge in [0.1, 0.15) is 28.6 Å². The number of carbonyl (C=O) groups is 2. The van der Waals surface area contributed by atoms with Crippen molar-refractivity contribution in [2.45, 2.75) is 24.7 Å². The van der Waals surface area contributed by atoms with Crippen LogP contribution in [0.25, 0.3) is 28.0 Å². The summed E-state index contributed by atoms with van der Waals surface area (Å²) in [6.45, 7) is 0. The molecule has 0 atom stereocenters. The lowest BCUT2D eigenvalue weighted by atomic mass is 9.90. The van der Waals surface area contributed by atoms with E-state index in [1.807, 2.05) is 24.3 Å². The highest BCUT2D eigenvalue weighted by Gasteiger charge is 2.47. The molecule has 6 rings (SSSR count). The number of aromatic nitrogens is 3. The number of fused-ring (bicyclic) bond motifs is 1. The molecule has 1 saturated carbocycles. The fourth-order valence-corrected chi connectivity index (χ4v) is 5.53. The van der Waals surface area contributed by atoms with E-state index in [0.29, 0.717) is 56.5 Å². The number of Topliss-reactive ketones (excluding diaryl/α,β-unsaturated/α-hetero) is 1. The van der Waals surface area contributed by atoms with Gasteiger partial charge >= 0.3 is 0 Å². The average Bonchev–Trinajstić information content (AvgIpc) is 3.68. The first kappa shape index (κ1) is 26.7. The molecule has 206 valence electrons. The lowest BCUT2D eigenvalue weighted by molar-refractivity contribution is 0.0953. The van der Waals surface area contributed by atoms with Gasteiger partial charge in [-0.15, -0.1) is 0 Å². The number of hydrogen-bond donors (Lipinski definition) is 1. The lowest BCUT2D eigenvalue weighted by Gasteiger charge is -2.17. The summed E-state index contributed by atoms with van der Waals surface area (Å²) in [6.07, 6.45) is 5.62. The molecule has 0 aliphatic heterocycles. The predicted molar refractivity (Wildman–Crippen MR) is 155 cm³/mol. The molecular formula is C32H26ClFN4O3. The third-order valence-corrected chi connectivity index (χ3v) is 7.95. The number of pyridine rings is 2. The van der Waals surface area contributed by atoms with Gasteiger partial charge in [-0.2, -0.15) is 0 Å². The number of hydrogen-bond acceptors (Lipinski definition) is 5. The Hall–Kier alpha value is -4.56. The van der Waals surface area contributed by atoms with E-state index < -0.39 is 0 Å². The number of carbonyl (C=O) groups excluding carboxylic acids is 2. The first-order valence-electron chi connectivity index (χ1n) is 13.2. The van der Waals surface area contributed by atoms with Crippen molar-refractivity contribution < 1.29 is 18.7 Å². The van der Waals surface area contributed by atoms with Crippen molar-refractivity contribution >= 4 is 28.9 Å². The number of nitrogens with zero attached hydrogens (tertiary/aromatic N) is 3. The van der Waals surface area contributed by atoms with E-state index in [2.05, 4.69) is 15.3 Å². The lowest BCUT2D eigenvalue weighted by Crippen LogP contribution is -2.20. The number of ketones is 1. The summed E-state index contributed by atoms with van der Waals surface area (Å²) in [5, 5.41) is 3.06. The van der Waals surface area contributed by atoms with Crippen molar-refractivity contribution in [3.63, 3.8) is 0 Å². The highest BCUT2D eigenvalue weighted by atomic mass is 35.5. The minimum Gasteiger partial charge on any atom is -0.496 e. The van der Waals surface area contributed by atoms with Gasteiger partial charge in [-0.25, -0.2) is 9.37 Å². The molecular weight excluding hydrogens is 543 g/mol. The number of nitrogens with one attached hydrogen (secondary N) is 1. The van der Waals surface area contributed by atoms with Gasteiger partial charge in [0.2, 0.25) is 0 Å². The summed E-state index contributed by atoms with van der Waals surface area (Å²) >= 11 is 6.72. The van der Waals surface area contributed by atoms with E-state index >= 15 is 0 Å². The van der Waals surface area contributed by atoms with E-state index in [1.165, 1.54) is 26.3 Å². The van der Waals surface area contributed by atoms with Crippen LogP contribution in [0, 0.1) is 5.82 Å². The number of halogens is 2. The van der Waals surface area contributed by atoms with Gasteiger partial charge in [0, 0.05) is 54.2 Å². The zero-order valence-corrected chi connectivity index (χ0v) is 23.2. The van der Waals surface area contributed by atoms with Crippen LogP contribution in [0.3, 0.4) is 0 Å². The number of imidazole rings is 1. The van der Waals surface area contributed by atoms with Crippen molar-refractivity contribution in [3.8, 4) is 28.1 Å². The van der Waals surface area contributed by atoms with Gasteiger partial charge in [0.05, 0.1) is 17.7 Å². The maximum atomic E-state index is 13.7. The Morgan fingerprint density at radius 1 is 1.07 bits per heavy atom. The van der Waals surface area contributed by atoms with Crippen molar-refractivity contribution in [3.05, 3.63) is 107 Å². The van der Waals surface area contributed by atoms with Gasteiger partial charge in [0.25, 0.3) is 5.91 Å². The van der Waals surface area contributed by atoms with Crippen LogP contribution in [-0.4, -0.2) is 40.2 Å². The molecule has 0 bridgehead atoms. The van der Waals surface area contributed by atoms with Gasteiger partial charge in [-0.1, -0.05) is 17.7 Å². The Morgan fingerprint density at radius 3 is 2.49 bits per heavy atom. The molecule has 1 aliphatic rings. The van der Waals surface area contributed by atoms with Crippen molar-refractivity contribution in [2.24, 2.45) is 0 Å². The van der Waals surface area contributed by atoms with Crippen LogP contribution in [0.15, 0.2) is 79.1 Å². The molecule has 3 aromatic heterocycles. The smallest absolute Gasteiger partial charge is 0.270 e. The second kappa shape index (κ2) is 10.4. The van der Waals surface area contributed by atoms with Crippen LogP contribution in [-0.2, 0) is 5.41 Å². The van der Waals surface area contributed by atoms with Crippen molar-refractivity contribution in [1.29, 1.82) is 0 Å². The number of methoxy groups -OCH3 is 1. The maximum absolute atomic E-state index is 13.7. The quantitative estimate of drug-likeness (QED) is 0.215. The molecule has 3 heterocycles. The van der Waals surface area contributed by atoms with Gasteiger partial charge in [-0.05, 0) is 73.0 Å². The fraction of sp³-hybridized carbons (Fsp3) is 0.188. The molecule has 1 fully saturated rings. The van der Waals surface area contributed by atoms with Gasteiger partial charge < -0.3 is 10.1 Å². The zero-order valence-electron chi connectivity index (χ0n) is 22.4. The molecule has 1 N–H and O–H groups in total. The molecule has 2 aromatic carbocycles. The number of ether oxygens (including phenoxy) is 1. The summed E-state index contributed by atoms with van der Waals surface area (Å²) in [5.41, 5.74) is 4.22. The first-order valence-corrected chi connectivity index (χ1v) is 13.5. The SMILES string of the molecule is CNC(=O)c1c(-c2ccc(F)cc2)nc2ccc(-c3cc(C(=O)CC4(c5ccccn5)CC4)c(OC)cc3Cl)cn12. The number of rotatable bonds is 8. The monoisotopic (exact) mass is 568 g/mol. The zero-order chi connectivity index (χ0) is 28.7. The third-order valence-electron chi connectivity index (χ3n) is 7.64. The molecule has 1 amide bonds. The summed E-state index contributed by atoms with van der Waals surface area (Å²) in [6, 6.07) is 18.6. The Labute approximate surface area is 241 Å². The van der Waals surface area contributed by atoms with Crippen LogP contribution in [0.1, 0.15) is 45.8 Å². The topological polar surface area (TPSA) is 85.6 Å². The maximum Gasteiger partial charge on any atom is 0.270 e. The van der Waals surface area contributed by atoms with Crippen LogP contribution < -0.4 is 10.1 Å². The summed E-state index contributed by atoms with van der Waals surface area (Å²) in [7, 11) is 3.05. The molecule has 0 radical (unpaired) electrons. The van der Waals surface area contributed by atoms with Crippen LogP contribution in [0.2, 0.25) is 5.02 Å². The summed E-state index contributed by atoms with van der Waals surface area (Å²) < 4.78 is 20.8. The van der Waals surface area contributed by atoms with Crippen molar-refractivity contribution in [2.75, 3.05) is 14.2 Å². The average molecular weight is 569 g/mol. The summed E-state index contributed by atoms with van der Waals surface area (Å²) in [4.78, 5) is 35.8. The predicted octanol–water partition coefficient (Wildman–Crippen LogP) is 6.53. The van der Waals surface area contributed by atoms with E-state index in [0.717, 1.165) is 18.5 Å². The van der Waals surface area contributed by atoms with Crippen LogP contribution in [0.4, 0.5) is 4.39 Å². The highest BCUT2D eigenvalue weighted by Crippen LogP contribution is 2.51. The Kier molecular flexibility index (Phi) is 6.79. The number of benzene rings is 2. The second-order valence-corrected chi connectivity index (χ2v) is 10.6. The molecule has 0 spiro atoms.